The Labute approximate surface area is 209 Å². The summed E-state index contributed by atoms with van der Waals surface area (Å²) in [4.78, 5) is 38.3. The van der Waals surface area contributed by atoms with Crippen molar-refractivity contribution in [2.24, 2.45) is 0 Å². The number of amides is 1. The molecule has 1 heterocycles. The van der Waals surface area contributed by atoms with E-state index >= 15 is 0 Å². The average molecular weight is 482 g/mol. The molecule has 36 heavy (non-hydrogen) atoms. The molecule has 0 aliphatic heterocycles. The highest BCUT2D eigenvalue weighted by molar-refractivity contribution is 6.15. The van der Waals surface area contributed by atoms with Gasteiger partial charge in [-0.2, -0.15) is 5.10 Å². The van der Waals surface area contributed by atoms with Gasteiger partial charge in [0.2, 0.25) is 0 Å². The van der Waals surface area contributed by atoms with Gasteiger partial charge in [0.1, 0.15) is 5.75 Å². The van der Waals surface area contributed by atoms with Crippen LogP contribution in [-0.2, 0) is 6.54 Å². The van der Waals surface area contributed by atoms with Crippen molar-refractivity contribution >= 4 is 11.7 Å². The number of ether oxygens (including phenoxy) is 1. The molecule has 0 aliphatic rings. The third-order valence-corrected chi connectivity index (χ3v) is 5.67. The Morgan fingerprint density at radius 3 is 2.28 bits per heavy atom. The Kier molecular flexibility index (Phi) is 7.70. The molecule has 7 heteroatoms. The predicted molar refractivity (Wildman–Crippen MR) is 138 cm³/mol. The standard InChI is InChI=1S/C29H27N3O4/c1-3-36-23-14-12-21(13-15-23)26-16-17-27(33)32(31-26)19-18-30-29(35)25-7-5-4-6-24(25)28(34)22-10-8-20(2)9-11-22/h4-17H,3,18-19H2,1-2H3,(H,30,35). The van der Waals surface area contributed by atoms with Crippen LogP contribution in [0.15, 0.2) is 89.7 Å². The van der Waals surface area contributed by atoms with Crippen LogP contribution in [0.2, 0.25) is 0 Å². The van der Waals surface area contributed by atoms with Crippen LogP contribution >= 0.6 is 0 Å². The molecule has 3 aromatic carbocycles. The van der Waals surface area contributed by atoms with E-state index in [1.165, 1.54) is 10.7 Å². The number of rotatable bonds is 9. The van der Waals surface area contributed by atoms with Crippen molar-refractivity contribution in [2.45, 2.75) is 20.4 Å². The van der Waals surface area contributed by atoms with E-state index in [1.54, 1.807) is 42.5 Å². The summed E-state index contributed by atoms with van der Waals surface area (Å²) in [6.07, 6.45) is 0. The average Bonchev–Trinajstić information content (AvgIpc) is 2.90. The second kappa shape index (κ2) is 11.3. The van der Waals surface area contributed by atoms with Crippen LogP contribution in [0.5, 0.6) is 5.75 Å². The third-order valence-electron chi connectivity index (χ3n) is 5.67. The zero-order valence-electron chi connectivity index (χ0n) is 20.2. The maximum absolute atomic E-state index is 13.0. The van der Waals surface area contributed by atoms with Gasteiger partial charge in [-0.1, -0.05) is 48.0 Å². The molecule has 4 rings (SSSR count). The SMILES string of the molecule is CCOc1ccc(-c2ccc(=O)n(CCNC(=O)c3ccccc3C(=O)c3ccc(C)cc3)n2)cc1. The first-order chi connectivity index (χ1) is 17.5. The highest BCUT2D eigenvalue weighted by Gasteiger charge is 2.18. The molecule has 0 aliphatic carbocycles. The van der Waals surface area contributed by atoms with Gasteiger partial charge in [0.25, 0.3) is 11.5 Å². The van der Waals surface area contributed by atoms with Crippen LogP contribution in [0.4, 0.5) is 0 Å². The minimum Gasteiger partial charge on any atom is -0.494 e. The lowest BCUT2D eigenvalue weighted by Crippen LogP contribution is -2.32. The van der Waals surface area contributed by atoms with Crippen molar-refractivity contribution in [1.29, 1.82) is 0 Å². The van der Waals surface area contributed by atoms with Crippen LogP contribution in [0.1, 0.15) is 38.8 Å². The van der Waals surface area contributed by atoms with Gasteiger partial charge in [0.15, 0.2) is 5.78 Å². The second-order valence-corrected chi connectivity index (χ2v) is 8.23. The van der Waals surface area contributed by atoms with E-state index in [1.807, 2.05) is 50.2 Å². The van der Waals surface area contributed by atoms with Gasteiger partial charge in [0, 0.05) is 29.3 Å². The highest BCUT2D eigenvalue weighted by atomic mass is 16.5. The zero-order valence-corrected chi connectivity index (χ0v) is 20.2. The summed E-state index contributed by atoms with van der Waals surface area (Å²) in [7, 11) is 0. The Balaban J connectivity index is 1.45. The highest BCUT2D eigenvalue weighted by Crippen LogP contribution is 2.20. The van der Waals surface area contributed by atoms with Crippen molar-refractivity contribution in [3.63, 3.8) is 0 Å². The molecule has 0 bridgehead atoms. The summed E-state index contributed by atoms with van der Waals surface area (Å²) in [5.74, 6) is 0.155. The van der Waals surface area contributed by atoms with Crippen LogP contribution < -0.4 is 15.6 Å². The lowest BCUT2D eigenvalue weighted by atomic mass is 9.97. The summed E-state index contributed by atoms with van der Waals surface area (Å²) >= 11 is 0. The number of carbonyl (C=O) groups is 2. The van der Waals surface area contributed by atoms with Crippen molar-refractivity contribution < 1.29 is 14.3 Å². The van der Waals surface area contributed by atoms with E-state index in [2.05, 4.69) is 10.4 Å². The number of nitrogens with one attached hydrogen (secondary N) is 1. The molecule has 0 saturated carbocycles. The largest absolute Gasteiger partial charge is 0.494 e. The van der Waals surface area contributed by atoms with Gasteiger partial charge >= 0.3 is 0 Å². The smallest absolute Gasteiger partial charge is 0.266 e. The van der Waals surface area contributed by atoms with Crippen LogP contribution in [-0.4, -0.2) is 34.6 Å². The van der Waals surface area contributed by atoms with E-state index in [4.69, 9.17) is 4.74 Å². The molecule has 0 atom stereocenters. The first-order valence-corrected chi connectivity index (χ1v) is 11.8. The Bertz CT molecular complexity index is 1420. The number of hydrogen-bond acceptors (Lipinski definition) is 5. The normalized spacial score (nSPS) is 10.6. The molecule has 1 N–H and O–H groups in total. The van der Waals surface area contributed by atoms with Crippen molar-refractivity contribution in [3.8, 4) is 17.0 Å². The number of hydrogen-bond donors (Lipinski definition) is 1. The minimum absolute atomic E-state index is 0.172. The van der Waals surface area contributed by atoms with E-state index in [9.17, 15) is 14.4 Å². The summed E-state index contributed by atoms with van der Waals surface area (Å²) in [6, 6.07) is 24.5. The van der Waals surface area contributed by atoms with E-state index < -0.39 is 0 Å². The Hall–Kier alpha value is -4.52. The number of benzene rings is 3. The minimum atomic E-state index is -0.387. The molecule has 0 radical (unpaired) electrons. The maximum atomic E-state index is 13.0. The molecule has 182 valence electrons. The molecular formula is C29H27N3O4. The number of ketones is 1. The molecule has 7 nitrogen and oxygen atoms in total. The molecule has 0 unspecified atom stereocenters. The van der Waals surface area contributed by atoms with Crippen LogP contribution in [0.25, 0.3) is 11.3 Å². The maximum Gasteiger partial charge on any atom is 0.266 e. The zero-order chi connectivity index (χ0) is 25.5. The first-order valence-electron chi connectivity index (χ1n) is 11.8. The summed E-state index contributed by atoms with van der Waals surface area (Å²) in [6.45, 7) is 4.81. The van der Waals surface area contributed by atoms with Crippen molar-refractivity contribution in [2.75, 3.05) is 13.2 Å². The van der Waals surface area contributed by atoms with Gasteiger partial charge < -0.3 is 10.1 Å². The van der Waals surface area contributed by atoms with Gasteiger partial charge in [-0.25, -0.2) is 4.68 Å². The van der Waals surface area contributed by atoms with Crippen molar-refractivity contribution in [1.82, 2.24) is 15.1 Å². The molecule has 1 amide bonds. The quantitative estimate of drug-likeness (QED) is 0.361. The second-order valence-electron chi connectivity index (χ2n) is 8.23. The monoisotopic (exact) mass is 481 g/mol. The lowest BCUT2D eigenvalue weighted by Gasteiger charge is -2.11. The molecule has 1 aromatic heterocycles. The van der Waals surface area contributed by atoms with Crippen molar-refractivity contribution in [3.05, 3.63) is 118 Å². The van der Waals surface area contributed by atoms with Crippen LogP contribution in [0.3, 0.4) is 0 Å². The number of aromatic nitrogens is 2. The molecular weight excluding hydrogens is 454 g/mol. The molecule has 0 fully saturated rings. The number of nitrogens with zero attached hydrogens (tertiary/aromatic N) is 2. The summed E-state index contributed by atoms with van der Waals surface area (Å²) in [5.41, 5.74) is 3.39. The topological polar surface area (TPSA) is 90.3 Å². The lowest BCUT2D eigenvalue weighted by molar-refractivity contribution is 0.0940. The van der Waals surface area contributed by atoms with Gasteiger partial charge in [-0.05, 0) is 50.2 Å². The number of carbonyl (C=O) groups excluding carboxylic acids is 2. The summed E-state index contributed by atoms with van der Waals surface area (Å²) < 4.78 is 6.78. The van der Waals surface area contributed by atoms with E-state index in [-0.39, 0.29) is 35.9 Å². The Morgan fingerprint density at radius 1 is 0.889 bits per heavy atom. The Morgan fingerprint density at radius 2 is 1.58 bits per heavy atom. The predicted octanol–water partition coefficient (Wildman–Crippen LogP) is 4.28. The van der Waals surface area contributed by atoms with E-state index in [0.29, 0.717) is 23.4 Å². The fraction of sp³-hybridized carbons (Fsp3) is 0.172. The van der Waals surface area contributed by atoms with Crippen LogP contribution in [0, 0.1) is 6.92 Å². The fourth-order valence-electron chi connectivity index (χ4n) is 3.76. The number of aryl methyl sites for hydroxylation is 1. The molecule has 4 aromatic rings. The summed E-state index contributed by atoms with van der Waals surface area (Å²) in [5, 5.41) is 7.24. The van der Waals surface area contributed by atoms with Gasteiger partial charge in [-0.15, -0.1) is 0 Å². The van der Waals surface area contributed by atoms with E-state index in [0.717, 1.165) is 16.9 Å². The van der Waals surface area contributed by atoms with Gasteiger partial charge in [0.05, 0.1) is 24.4 Å². The molecule has 0 spiro atoms. The first kappa shape index (κ1) is 24.6. The van der Waals surface area contributed by atoms with Gasteiger partial charge in [-0.3, -0.25) is 14.4 Å². The molecule has 0 saturated heterocycles. The fourth-order valence-corrected chi connectivity index (χ4v) is 3.76. The third kappa shape index (κ3) is 5.75.